The first-order valence-electron chi connectivity index (χ1n) is 6.75. The van der Waals surface area contributed by atoms with Gasteiger partial charge in [-0.1, -0.05) is 13.3 Å². The summed E-state index contributed by atoms with van der Waals surface area (Å²) >= 11 is 0. The van der Waals surface area contributed by atoms with E-state index in [2.05, 4.69) is 19.2 Å². The molecule has 0 radical (unpaired) electrons. The van der Waals surface area contributed by atoms with E-state index in [1.54, 1.807) is 0 Å². The Morgan fingerprint density at radius 1 is 1.41 bits per heavy atom. The number of rotatable bonds is 8. The van der Waals surface area contributed by atoms with Crippen molar-refractivity contribution in [1.82, 2.24) is 5.32 Å². The largest absolute Gasteiger partial charge is 0.389 e. The van der Waals surface area contributed by atoms with Gasteiger partial charge in [-0.15, -0.1) is 0 Å². The van der Waals surface area contributed by atoms with Gasteiger partial charge in [-0.2, -0.15) is 0 Å². The normalized spacial score (nSPS) is 21.4. The SMILES string of the molecule is CCCCOCC(O)CNC1(C)CCOCC1. The minimum absolute atomic E-state index is 0.114. The molecule has 1 aliphatic rings. The second kappa shape index (κ2) is 8.03. The summed E-state index contributed by atoms with van der Waals surface area (Å²) in [6.07, 6.45) is 3.81. The maximum absolute atomic E-state index is 9.77. The molecule has 1 rings (SSSR count). The maximum Gasteiger partial charge on any atom is 0.0897 e. The van der Waals surface area contributed by atoms with E-state index in [4.69, 9.17) is 9.47 Å². The summed E-state index contributed by atoms with van der Waals surface area (Å²) < 4.78 is 10.7. The lowest BCUT2D eigenvalue weighted by atomic mass is 9.92. The highest BCUT2D eigenvalue weighted by Gasteiger charge is 2.27. The number of β-amino-alcohol motifs (C(OH)–C–C–N with tert-alkyl or cyclic N) is 1. The molecule has 0 aliphatic carbocycles. The molecule has 0 saturated carbocycles. The number of ether oxygens (including phenoxy) is 2. The predicted molar refractivity (Wildman–Crippen MR) is 68.2 cm³/mol. The fourth-order valence-corrected chi connectivity index (χ4v) is 1.89. The monoisotopic (exact) mass is 245 g/mol. The Balaban J connectivity index is 2.07. The maximum atomic E-state index is 9.77. The van der Waals surface area contributed by atoms with Crippen LogP contribution in [-0.4, -0.2) is 49.7 Å². The van der Waals surface area contributed by atoms with Crippen LogP contribution in [0.3, 0.4) is 0 Å². The molecule has 0 aromatic heterocycles. The van der Waals surface area contributed by atoms with Gasteiger partial charge in [0.1, 0.15) is 0 Å². The van der Waals surface area contributed by atoms with Gasteiger partial charge < -0.3 is 19.9 Å². The predicted octanol–water partition coefficient (Wildman–Crippen LogP) is 1.32. The van der Waals surface area contributed by atoms with Crippen molar-refractivity contribution in [1.29, 1.82) is 0 Å². The summed E-state index contributed by atoms with van der Waals surface area (Å²) in [5, 5.41) is 13.2. The molecule has 1 atom stereocenters. The first-order chi connectivity index (χ1) is 8.16. The second-order valence-corrected chi connectivity index (χ2v) is 5.14. The zero-order valence-electron chi connectivity index (χ0n) is 11.2. The van der Waals surface area contributed by atoms with Gasteiger partial charge in [-0.05, 0) is 26.2 Å². The molecule has 17 heavy (non-hydrogen) atoms. The zero-order chi connectivity index (χ0) is 12.6. The highest BCUT2D eigenvalue weighted by molar-refractivity contribution is 4.86. The molecular formula is C13H27NO3. The number of hydrogen-bond donors (Lipinski definition) is 2. The average Bonchev–Trinajstić information content (AvgIpc) is 2.33. The molecule has 0 aromatic rings. The number of unbranched alkanes of at least 4 members (excludes halogenated alkanes) is 1. The van der Waals surface area contributed by atoms with Crippen molar-refractivity contribution in [3.05, 3.63) is 0 Å². The van der Waals surface area contributed by atoms with Crippen LogP contribution in [0.25, 0.3) is 0 Å². The third-order valence-corrected chi connectivity index (χ3v) is 3.31. The smallest absolute Gasteiger partial charge is 0.0897 e. The van der Waals surface area contributed by atoms with Gasteiger partial charge in [-0.25, -0.2) is 0 Å². The summed E-state index contributed by atoms with van der Waals surface area (Å²) in [6, 6.07) is 0. The highest BCUT2D eigenvalue weighted by atomic mass is 16.5. The summed E-state index contributed by atoms with van der Waals surface area (Å²) in [5.74, 6) is 0. The van der Waals surface area contributed by atoms with Gasteiger partial charge in [0.15, 0.2) is 0 Å². The molecule has 0 aromatic carbocycles. The fourth-order valence-electron chi connectivity index (χ4n) is 1.89. The van der Waals surface area contributed by atoms with Crippen molar-refractivity contribution < 1.29 is 14.6 Å². The van der Waals surface area contributed by atoms with E-state index in [9.17, 15) is 5.11 Å². The fraction of sp³-hybridized carbons (Fsp3) is 1.00. The van der Waals surface area contributed by atoms with Crippen molar-refractivity contribution >= 4 is 0 Å². The van der Waals surface area contributed by atoms with Crippen LogP contribution in [0.4, 0.5) is 0 Å². The Morgan fingerprint density at radius 2 is 2.12 bits per heavy atom. The third kappa shape index (κ3) is 6.36. The summed E-state index contributed by atoms with van der Waals surface area (Å²) in [6.45, 7) is 7.73. The van der Waals surface area contributed by atoms with Crippen LogP contribution < -0.4 is 5.32 Å². The Kier molecular flexibility index (Phi) is 7.04. The molecule has 1 heterocycles. The molecule has 4 heteroatoms. The molecule has 102 valence electrons. The van der Waals surface area contributed by atoms with E-state index in [-0.39, 0.29) is 5.54 Å². The van der Waals surface area contributed by atoms with E-state index in [1.165, 1.54) is 0 Å². The lowest BCUT2D eigenvalue weighted by Crippen LogP contribution is -2.49. The number of nitrogens with one attached hydrogen (secondary N) is 1. The zero-order valence-corrected chi connectivity index (χ0v) is 11.2. The first kappa shape index (κ1) is 14.9. The molecule has 0 spiro atoms. The topological polar surface area (TPSA) is 50.7 Å². The van der Waals surface area contributed by atoms with Gasteiger partial charge in [-0.3, -0.25) is 0 Å². The molecule has 2 N–H and O–H groups in total. The van der Waals surface area contributed by atoms with Crippen molar-refractivity contribution in [2.75, 3.05) is 33.0 Å². The standard InChI is InChI=1S/C13H27NO3/c1-3-4-7-17-11-12(15)10-14-13(2)5-8-16-9-6-13/h12,14-15H,3-11H2,1-2H3. The van der Waals surface area contributed by atoms with Crippen LogP contribution in [0.2, 0.25) is 0 Å². The van der Waals surface area contributed by atoms with Crippen LogP contribution in [-0.2, 0) is 9.47 Å². The van der Waals surface area contributed by atoms with Crippen LogP contribution in [0.15, 0.2) is 0 Å². The minimum Gasteiger partial charge on any atom is -0.389 e. The lowest BCUT2D eigenvalue weighted by molar-refractivity contribution is 0.0158. The van der Waals surface area contributed by atoms with Crippen LogP contribution in [0.5, 0.6) is 0 Å². The van der Waals surface area contributed by atoms with Crippen molar-refractivity contribution in [2.45, 2.75) is 51.2 Å². The van der Waals surface area contributed by atoms with E-state index < -0.39 is 6.10 Å². The van der Waals surface area contributed by atoms with E-state index in [0.29, 0.717) is 13.2 Å². The van der Waals surface area contributed by atoms with Crippen LogP contribution in [0.1, 0.15) is 39.5 Å². The Morgan fingerprint density at radius 3 is 2.76 bits per heavy atom. The van der Waals surface area contributed by atoms with Crippen LogP contribution in [0, 0.1) is 0 Å². The van der Waals surface area contributed by atoms with Crippen molar-refractivity contribution in [2.24, 2.45) is 0 Å². The molecule has 0 bridgehead atoms. The summed E-state index contributed by atoms with van der Waals surface area (Å²) in [7, 11) is 0. The summed E-state index contributed by atoms with van der Waals surface area (Å²) in [4.78, 5) is 0. The van der Waals surface area contributed by atoms with Crippen molar-refractivity contribution in [3.63, 3.8) is 0 Å². The second-order valence-electron chi connectivity index (χ2n) is 5.14. The van der Waals surface area contributed by atoms with Gasteiger partial charge >= 0.3 is 0 Å². The molecule has 1 fully saturated rings. The molecule has 1 aliphatic heterocycles. The minimum atomic E-state index is -0.411. The van der Waals surface area contributed by atoms with Gasteiger partial charge in [0, 0.05) is 31.9 Å². The lowest BCUT2D eigenvalue weighted by Gasteiger charge is -2.35. The summed E-state index contributed by atoms with van der Waals surface area (Å²) in [5.41, 5.74) is 0.114. The average molecular weight is 245 g/mol. The van der Waals surface area contributed by atoms with E-state index in [1.807, 2.05) is 0 Å². The number of aliphatic hydroxyl groups is 1. The highest BCUT2D eigenvalue weighted by Crippen LogP contribution is 2.19. The Bertz CT molecular complexity index is 193. The molecule has 1 unspecified atom stereocenters. The first-order valence-corrected chi connectivity index (χ1v) is 6.75. The van der Waals surface area contributed by atoms with Gasteiger partial charge in [0.25, 0.3) is 0 Å². The molecule has 0 amide bonds. The Labute approximate surface area is 105 Å². The molecule has 4 nitrogen and oxygen atoms in total. The van der Waals surface area contributed by atoms with Gasteiger partial charge in [0.05, 0.1) is 12.7 Å². The molecular weight excluding hydrogens is 218 g/mol. The van der Waals surface area contributed by atoms with Gasteiger partial charge in [0.2, 0.25) is 0 Å². The quantitative estimate of drug-likeness (QED) is 0.633. The van der Waals surface area contributed by atoms with Crippen molar-refractivity contribution in [3.8, 4) is 0 Å². The van der Waals surface area contributed by atoms with E-state index in [0.717, 1.165) is 45.5 Å². The third-order valence-electron chi connectivity index (χ3n) is 3.31. The van der Waals surface area contributed by atoms with E-state index >= 15 is 0 Å². The Hall–Kier alpha value is -0.160. The number of aliphatic hydroxyl groups excluding tert-OH is 1. The van der Waals surface area contributed by atoms with Crippen LogP contribution >= 0.6 is 0 Å². The molecule has 1 saturated heterocycles. The number of hydrogen-bond acceptors (Lipinski definition) is 4.